The minimum absolute atomic E-state index is 0.0246. The zero-order valence-corrected chi connectivity index (χ0v) is 13.8. The summed E-state index contributed by atoms with van der Waals surface area (Å²) in [4.78, 5) is 12.6. The van der Waals surface area contributed by atoms with Crippen LogP contribution in [0.3, 0.4) is 0 Å². The lowest BCUT2D eigenvalue weighted by Gasteiger charge is -2.19. The molecule has 0 spiro atoms. The van der Waals surface area contributed by atoms with E-state index in [4.69, 9.17) is 0 Å². The molecule has 2 rings (SSSR count). The van der Waals surface area contributed by atoms with E-state index in [1.54, 1.807) is 0 Å². The van der Waals surface area contributed by atoms with E-state index in [1.165, 1.54) is 19.3 Å². The molecular formula is C20H26N2O. The lowest BCUT2D eigenvalue weighted by Crippen LogP contribution is -2.34. The molecule has 1 atom stereocenters. The van der Waals surface area contributed by atoms with Gasteiger partial charge in [0.1, 0.15) is 6.04 Å². The molecule has 2 aromatic rings. The summed E-state index contributed by atoms with van der Waals surface area (Å²) in [5.74, 6) is 0.0246. The molecule has 0 aromatic heterocycles. The number of amides is 1. The van der Waals surface area contributed by atoms with Crippen molar-refractivity contribution in [2.75, 3.05) is 10.6 Å². The van der Waals surface area contributed by atoms with E-state index in [2.05, 4.69) is 17.6 Å². The van der Waals surface area contributed by atoms with Gasteiger partial charge in [0.15, 0.2) is 0 Å². The second-order valence-corrected chi connectivity index (χ2v) is 5.77. The Morgan fingerprint density at radius 3 is 2.09 bits per heavy atom. The Kier molecular flexibility index (Phi) is 7.18. The molecule has 0 aliphatic carbocycles. The molecule has 1 amide bonds. The molecule has 3 heteroatoms. The highest BCUT2D eigenvalue weighted by Gasteiger charge is 2.18. The molecule has 0 radical (unpaired) electrons. The summed E-state index contributed by atoms with van der Waals surface area (Å²) in [7, 11) is 0. The molecular weight excluding hydrogens is 284 g/mol. The van der Waals surface area contributed by atoms with Crippen molar-refractivity contribution in [1.29, 1.82) is 0 Å². The number of carbonyl (C=O) groups excluding carboxylic acids is 1. The maximum Gasteiger partial charge on any atom is 0.246 e. The van der Waals surface area contributed by atoms with E-state index >= 15 is 0 Å². The molecule has 122 valence electrons. The Bertz CT molecular complexity index is 569. The van der Waals surface area contributed by atoms with Crippen LogP contribution >= 0.6 is 0 Å². The molecule has 0 fully saturated rings. The van der Waals surface area contributed by atoms with Crippen LogP contribution in [-0.2, 0) is 4.79 Å². The number of rotatable bonds is 9. The number of anilines is 2. The smallest absolute Gasteiger partial charge is 0.246 e. The lowest BCUT2D eigenvalue weighted by atomic mass is 10.1. The summed E-state index contributed by atoms with van der Waals surface area (Å²) >= 11 is 0. The van der Waals surface area contributed by atoms with Gasteiger partial charge in [0.25, 0.3) is 0 Å². The van der Waals surface area contributed by atoms with Crippen LogP contribution in [0.25, 0.3) is 0 Å². The number of hydrogen-bond acceptors (Lipinski definition) is 2. The maximum atomic E-state index is 12.6. The van der Waals surface area contributed by atoms with Crippen molar-refractivity contribution >= 4 is 17.3 Å². The van der Waals surface area contributed by atoms with Crippen molar-refractivity contribution < 1.29 is 4.79 Å². The van der Waals surface area contributed by atoms with Crippen LogP contribution < -0.4 is 10.6 Å². The van der Waals surface area contributed by atoms with E-state index in [0.29, 0.717) is 0 Å². The standard InChI is InChI=1S/C20H26N2O/c1-2-3-4-11-16-19(21-17-12-7-5-8-13-17)20(23)22-18-14-9-6-10-15-18/h5-10,12-15,19,21H,2-4,11,16H2,1H3,(H,22,23). The number of carbonyl (C=O) groups is 1. The SMILES string of the molecule is CCCCCCC(Nc1ccccc1)C(=O)Nc1ccccc1. The maximum absolute atomic E-state index is 12.6. The first-order valence-corrected chi connectivity index (χ1v) is 8.47. The van der Waals surface area contributed by atoms with Crippen LogP contribution in [0, 0.1) is 0 Å². The van der Waals surface area contributed by atoms with Gasteiger partial charge >= 0.3 is 0 Å². The number of benzene rings is 2. The summed E-state index contributed by atoms with van der Waals surface area (Å²) in [6, 6.07) is 19.3. The van der Waals surface area contributed by atoms with Crippen molar-refractivity contribution in [2.45, 2.75) is 45.1 Å². The predicted octanol–water partition coefficient (Wildman–Crippen LogP) is 5.08. The summed E-state index contributed by atoms with van der Waals surface area (Å²) in [6.45, 7) is 2.20. The van der Waals surface area contributed by atoms with Gasteiger partial charge in [0.05, 0.1) is 0 Å². The highest BCUT2D eigenvalue weighted by atomic mass is 16.2. The van der Waals surface area contributed by atoms with Crippen LogP contribution in [0.4, 0.5) is 11.4 Å². The van der Waals surface area contributed by atoms with Gasteiger partial charge in [-0.05, 0) is 30.7 Å². The van der Waals surface area contributed by atoms with Crippen molar-refractivity contribution in [3.05, 3.63) is 60.7 Å². The van der Waals surface area contributed by atoms with Gasteiger partial charge in [0, 0.05) is 11.4 Å². The van der Waals surface area contributed by atoms with E-state index in [1.807, 2.05) is 60.7 Å². The van der Waals surface area contributed by atoms with Crippen molar-refractivity contribution in [1.82, 2.24) is 0 Å². The lowest BCUT2D eigenvalue weighted by molar-refractivity contribution is -0.117. The Hall–Kier alpha value is -2.29. The van der Waals surface area contributed by atoms with Crippen molar-refractivity contribution in [3.63, 3.8) is 0 Å². The van der Waals surface area contributed by atoms with Gasteiger partial charge in [-0.3, -0.25) is 4.79 Å². The van der Waals surface area contributed by atoms with E-state index < -0.39 is 0 Å². The van der Waals surface area contributed by atoms with Crippen LogP contribution in [0.5, 0.6) is 0 Å². The van der Waals surface area contributed by atoms with Gasteiger partial charge < -0.3 is 10.6 Å². The third-order valence-electron chi connectivity index (χ3n) is 3.82. The Balaban J connectivity index is 1.98. The monoisotopic (exact) mass is 310 g/mol. The topological polar surface area (TPSA) is 41.1 Å². The summed E-state index contributed by atoms with van der Waals surface area (Å²) in [5, 5.41) is 6.37. The largest absolute Gasteiger partial charge is 0.374 e. The molecule has 2 aromatic carbocycles. The third kappa shape index (κ3) is 6.15. The zero-order chi connectivity index (χ0) is 16.3. The first-order chi connectivity index (χ1) is 11.3. The van der Waals surface area contributed by atoms with Crippen LogP contribution in [0.15, 0.2) is 60.7 Å². The van der Waals surface area contributed by atoms with Crippen LogP contribution in [0.2, 0.25) is 0 Å². The zero-order valence-electron chi connectivity index (χ0n) is 13.8. The summed E-state index contributed by atoms with van der Waals surface area (Å²) in [5.41, 5.74) is 1.82. The van der Waals surface area contributed by atoms with Crippen LogP contribution in [-0.4, -0.2) is 11.9 Å². The number of hydrogen-bond donors (Lipinski definition) is 2. The average molecular weight is 310 g/mol. The van der Waals surface area contributed by atoms with E-state index in [0.717, 1.165) is 24.2 Å². The second-order valence-electron chi connectivity index (χ2n) is 5.77. The predicted molar refractivity (Wildman–Crippen MR) is 97.7 cm³/mol. The third-order valence-corrected chi connectivity index (χ3v) is 3.82. The van der Waals surface area contributed by atoms with Gasteiger partial charge in [-0.25, -0.2) is 0 Å². The Morgan fingerprint density at radius 2 is 1.48 bits per heavy atom. The van der Waals surface area contributed by atoms with E-state index in [9.17, 15) is 4.79 Å². The highest BCUT2D eigenvalue weighted by molar-refractivity contribution is 5.96. The molecule has 1 unspecified atom stereocenters. The van der Waals surface area contributed by atoms with Gasteiger partial charge in [-0.15, -0.1) is 0 Å². The molecule has 23 heavy (non-hydrogen) atoms. The second kappa shape index (κ2) is 9.67. The molecule has 0 saturated carbocycles. The van der Waals surface area contributed by atoms with E-state index in [-0.39, 0.29) is 11.9 Å². The highest BCUT2D eigenvalue weighted by Crippen LogP contribution is 2.15. The number of unbranched alkanes of at least 4 members (excludes halogenated alkanes) is 3. The van der Waals surface area contributed by atoms with Crippen molar-refractivity contribution in [2.24, 2.45) is 0 Å². The molecule has 3 nitrogen and oxygen atoms in total. The first-order valence-electron chi connectivity index (χ1n) is 8.47. The minimum Gasteiger partial charge on any atom is -0.374 e. The molecule has 0 bridgehead atoms. The first kappa shape index (κ1) is 17.1. The molecule has 0 saturated heterocycles. The normalized spacial score (nSPS) is 11.7. The number of nitrogens with one attached hydrogen (secondary N) is 2. The summed E-state index contributed by atoms with van der Waals surface area (Å²) < 4.78 is 0. The molecule has 0 aliphatic heterocycles. The average Bonchev–Trinajstić information content (AvgIpc) is 2.59. The number of para-hydroxylation sites is 2. The van der Waals surface area contributed by atoms with Gasteiger partial charge in [0.2, 0.25) is 5.91 Å². The quantitative estimate of drug-likeness (QED) is 0.634. The van der Waals surface area contributed by atoms with Gasteiger partial charge in [-0.1, -0.05) is 69.0 Å². The van der Waals surface area contributed by atoms with Crippen molar-refractivity contribution in [3.8, 4) is 0 Å². The molecule has 0 aliphatic rings. The fraction of sp³-hybridized carbons (Fsp3) is 0.350. The van der Waals surface area contributed by atoms with Crippen LogP contribution in [0.1, 0.15) is 39.0 Å². The Labute approximate surface area is 139 Å². The fourth-order valence-corrected chi connectivity index (χ4v) is 2.53. The minimum atomic E-state index is -0.213. The summed E-state index contributed by atoms with van der Waals surface area (Å²) in [6.07, 6.45) is 5.49. The fourth-order valence-electron chi connectivity index (χ4n) is 2.53. The molecule has 0 heterocycles. The van der Waals surface area contributed by atoms with Gasteiger partial charge in [-0.2, -0.15) is 0 Å². The Morgan fingerprint density at radius 1 is 0.870 bits per heavy atom. The molecule has 2 N–H and O–H groups in total.